The molecule has 1 aliphatic heterocycles. The number of nitrogens with zero attached hydrogens (tertiary/aromatic N) is 4. The standard InChI is InChI=1S/C22H28N4O3/c1-15-5-6-20(27-4)18(11-15)13-25-7-9-26(10-8-25)14-21-23-24-22(29-21)19-12-16(2)28-17(19)3/h5-6,11-12H,7-10,13-14H2,1-4H3. The number of rotatable bonds is 6. The van der Waals surface area contributed by atoms with Crippen LogP contribution in [0.2, 0.25) is 0 Å². The molecule has 1 aliphatic rings. The number of benzene rings is 1. The zero-order valence-electron chi connectivity index (χ0n) is 17.6. The lowest BCUT2D eigenvalue weighted by molar-refractivity contribution is 0.114. The minimum absolute atomic E-state index is 0.527. The van der Waals surface area contributed by atoms with Gasteiger partial charge >= 0.3 is 0 Å². The van der Waals surface area contributed by atoms with E-state index in [1.807, 2.05) is 19.9 Å². The van der Waals surface area contributed by atoms with E-state index in [2.05, 4.69) is 45.1 Å². The zero-order chi connectivity index (χ0) is 20.4. The van der Waals surface area contributed by atoms with Gasteiger partial charge in [0.05, 0.1) is 19.2 Å². The van der Waals surface area contributed by atoms with Crippen molar-refractivity contribution in [2.75, 3.05) is 33.3 Å². The Morgan fingerprint density at radius 1 is 0.931 bits per heavy atom. The summed E-state index contributed by atoms with van der Waals surface area (Å²) in [7, 11) is 1.73. The largest absolute Gasteiger partial charge is 0.496 e. The molecule has 1 aromatic carbocycles. The Bertz CT molecular complexity index is 970. The molecule has 0 radical (unpaired) electrons. The van der Waals surface area contributed by atoms with Crippen molar-refractivity contribution in [1.29, 1.82) is 0 Å². The Hall–Kier alpha value is -2.64. The van der Waals surface area contributed by atoms with Crippen molar-refractivity contribution in [2.24, 2.45) is 0 Å². The van der Waals surface area contributed by atoms with Crippen LogP contribution in [0.25, 0.3) is 11.5 Å². The average molecular weight is 396 g/mol. The second kappa shape index (κ2) is 8.39. The molecule has 3 aromatic rings. The summed E-state index contributed by atoms with van der Waals surface area (Å²) in [5, 5.41) is 8.42. The van der Waals surface area contributed by atoms with Crippen molar-refractivity contribution in [3.8, 4) is 17.2 Å². The van der Waals surface area contributed by atoms with E-state index in [9.17, 15) is 0 Å². The van der Waals surface area contributed by atoms with Crippen LogP contribution >= 0.6 is 0 Å². The summed E-state index contributed by atoms with van der Waals surface area (Å²) in [4.78, 5) is 4.82. The Kier molecular flexibility index (Phi) is 5.69. The molecule has 7 nitrogen and oxygen atoms in total. The Morgan fingerprint density at radius 2 is 1.66 bits per heavy atom. The first-order chi connectivity index (χ1) is 14.0. The number of piperazine rings is 1. The second-order valence-corrected chi connectivity index (χ2v) is 7.70. The highest BCUT2D eigenvalue weighted by atomic mass is 16.5. The molecular weight excluding hydrogens is 368 g/mol. The molecule has 29 heavy (non-hydrogen) atoms. The molecule has 0 atom stereocenters. The van der Waals surface area contributed by atoms with E-state index in [0.717, 1.165) is 55.6 Å². The van der Waals surface area contributed by atoms with Gasteiger partial charge in [0.1, 0.15) is 17.3 Å². The first kappa shape index (κ1) is 19.7. The van der Waals surface area contributed by atoms with Crippen molar-refractivity contribution < 1.29 is 13.6 Å². The van der Waals surface area contributed by atoms with Gasteiger partial charge in [-0.05, 0) is 32.9 Å². The number of methoxy groups -OCH3 is 1. The molecule has 0 bridgehead atoms. The van der Waals surface area contributed by atoms with E-state index in [4.69, 9.17) is 13.6 Å². The molecule has 1 fully saturated rings. The van der Waals surface area contributed by atoms with Gasteiger partial charge in [0.15, 0.2) is 0 Å². The highest BCUT2D eigenvalue weighted by molar-refractivity contribution is 5.55. The predicted molar refractivity (Wildman–Crippen MR) is 110 cm³/mol. The quantitative estimate of drug-likeness (QED) is 0.631. The first-order valence-corrected chi connectivity index (χ1v) is 10.00. The highest BCUT2D eigenvalue weighted by Crippen LogP contribution is 2.26. The lowest BCUT2D eigenvalue weighted by atomic mass is 10.1. The van der Waals surface area contributed by atoms with Gasteiger partial charge in [0.25, 0.3) is 5.89 Å². The van der Waals surface area contributed by atoms with Crippen LogP contribution in [-0.4, -0.2) is 53.3 Å². The molecule has 0 amide bonds. The topological polar surface area (TPSA) is 67.8 Å². The summed E-state index contributed by atoms with van der Waals surface area (Å²) in [5.74, 6) is 3.78. The smallest absolute Gasteiger partial charge is 0.251 e. The van der Waals surface area contributed by atoms with Gasteiger partial charge in [-0.25, -0.2) is 0 Å². The molecule has 7 heteroatoms. The van der Waals surface area contributed by atoms with Gasteiger partial charge in [-0.3, -0.25) is 9.80 Å². The molecule has 0 unspecified atom stereocenters. The second-order valence-electron chi connectivity index (χ2n) is 7.70. The van der Waals surface area contributed by atoms with E-state index in [0.29, 0.717) is 18.3 Å². The third kappa shape index (κ3) is 4.52. The van der Waals surface area contributed by atoms with Crippen molar-refractivity contribution >= 4 is 0 Å². The van der Waals surface area contributed by atoms with Gasteiger partial charge in [0, 0.05) is 38.3 Å². The summed E-state index contributed by atoms with van der Waals surface area (Å²) in [6, 6.07) is 8.29. The van der Waals surface area contributed by atoms with Crippen molar-refractivity contribution in [1.82, 2.24) is 20.0 Å². The van der Waals surface area contributed by atoms with Crippen molar-refractivity contribution in [3.05, 3.63) is 52.8 Å². The molecule has 0 spiro atoms. The number of hydrogen-bond acceptors (Lipinski definition) is 7. The maximum atomic E-state index is 5.88. The molecule has 0 N–H and O–H groups in total. The fourth-order valence-electron chi connectivity index (χ4n) is 3.84. The fourth-order valence-corrected chi connectivity index (χ4v) is 3.84. The molecule has 1 saturated heterocycles. The molecular formula is C22H28N4O3. The highest BCUT2D eigenvalue weighted by Gasteiger charge is 2.21. The van der Waals surface area contributed by atoms with Gasteiger partial charge in [0.2, 0.25) is 5.89 Å². The summed E-state index contributed by atoms with van der Waals surface area (Å²) < 4.78 is 17.0. The van der Waals surface area contributed by atoms with E-state index >= 15 is 0 Å². The fraction of sp³-hybridized carbons (Fsp3) is 0.455. The van der Waals surface area contributed by atoms with Gasteiger partial charge < -0.3 is 13.6 Å². The van der Waals surface area contributed by atoms with Crippen LogP contribution in [0.4, 0.5) is 0 Å². The summed E-state index contributed by atoms with van der Waals surface area (Å²) >= 11 is 0. The van der Waals surface area contributed by atoms with Gasteiger partial charge in [-0.1, -0.05) is 17.7 Å². The molecule has 2 aromatic heterocycles. The molecule has 4 rings (SSSR count). The lowest BCUT2D eigenvalue weighted by Crippen LogP contribution is -2.45. The number of hydrogen-bond donors (Lipinski definition) is 0. The third-order valence-corrected chi connectivity index (χ3v) is 5.39. The SMILES string of the molecule is COc1ccc(C)cc1CN1CCN(Cc2nnc(-c3cc(C)oc3C)o2)CC1. The average Bonchev–Trinajstić information content (AvgIpc) is 3.29. The van der Waals surface area contributed by atoms with Crippen LogP contribution in [0.3, 0.4) is 0 Å². The predicted octanol–water partition coefficient (Wildman–Crippen LogP) is 3.58. The molecule has 154 valence electrons. The Labute approximate surface area is 171 Å². The lowest BCUT2D eigenvalue weighted by Gasteiger charge is -2.34. The summed E-state index contributed by atoms with van der Waals surface area (Å²) in [6.45, 7) is 11.5. The van der Waals surface area contributed by atoms with E-state index in [-0.39, 0.29) is 0 Å². The molecule has 0 saturated carbocycles. The van der Waals surface area contributed by atoms with Gasteiger partial charge in [-0.2, -0.15) is 0 Å². The van der Waals surface area contributed by atoms with Crippen LogP contribution < -0.4 is 4.74 Å². The van der Waals surface area contributed by atoms with Crippen molar-refractivity contribution in [3.63, 3.8) is 0 Å². The van der Waals surface area contributed by atoms with E-state index < -0.39 is 0 Å². The van der Waals surface area contributed by atoms with Gasteiger partial charge in [-0.15, -0.1) is 10.2 Å². The maximum Gasteiger partial charge on any atom is 0.251 e. The van der Waals surface area contributed by atoms with Crippen LogP contribution in [-0.2, 0) is 13.1 Å². The summed E-state index contributed by atoms with van der Waals surface area (Å²) in [6.07, 6.45) is 0. The number of aromatic nitrogens is 2. The number of aryl methyl sites for hydroxylation is 3. The van der Waals surface area contributed by atoms with Crippen molar-refractivity contribution in [2.45, 2.75) is 33.9 Å². The summed E-state index contributed by atoms with van der Waals surface area (Å²) in [5.41, 5.74) is 3.38. The monoisotopic (exact) mass is 396 g/mol. The normalized spacial score (nSPS) is 15.7. The van der Waals surface area contributed by atoms with E-state index in [1.165, 1.54) is 11.1 Å². The van der Waals surface area contributed by atoms with Crippen LogP contribution in [0.5, 0.6) is 5.75 Å². The zero-order valence-corrected chi connectivity index (χ0v) is 17.6. The van der Waals surface area contributed by atoms with Crippen LogP contribution in [0, 0.1) is 20.8 Å². The van der Waals surface area contributed by atoms with Crippen LogP contribution in [0.1, 0.15) is 28.5 Å². The molecule has 0 aliphatic carbocycles. The minimum atomic E-state index is 0.527. The first-order valence-electron chi connectivity index (χ1n) is 10.00. The Balaban J connectivity index is 1.33. The van der Waals surface area contributed by atoms with E-state index in [1.54, 1.807) is 7.11 Å². The number of ether oxygens (including phenoxy) is 1. The maximum absolute atomic E-state index is 5.88. The van der Waals surface area contributed by atoms with Crippen LogP contribution in [0.15, 0.2) is 33.1 Å². The Morgan fingerprint density at radius 3 is 2.31 bits per heavy atom. The molecule has 3 heterocycles. The minimum Gasteiger partial charge on any atom is -0.496 e. The number of furan rings is 1. The third-order valence-electron chi connectivity index (χ3n) is 5.39.